The maximum Gasteiger partial charge on any atom is 0.357 e. The minimum atomic E-state index is -4.03. The molecule has 4 nitrogen and oxygen atoms in total. The number of hydrogen-bond acceptors (Lipinski definition) is 7. The van der Waals surface area contributed by atoms with Gasteiger partial charge in [-0.15, -0.1) is 34.9 Å². The maximum atomic E-state index is 13.0. The first-order chi connectivity index (χ1) is 13.0. The Balaban J connectivity index is 1.51. The van der Waals surface area contributed by atoms with E-state index in [1.165, 1.54) is 28.8 Å². The molecule has 140 valence electrons. The average Bonchev–Trinajstić information content (AvgIpc) is 3.35. The van der Waals surface area contributed by atoms with Crippen molar-refractivity contribution >= 4 is 45.0 Å². The molecule has 0 N–H and O–H groups in total. The van der Waals surface area contributed by atoms with Gasteiger partial charge in [-0.1, -0.05) is 12.1 Å². The second-order valence-corrected chi connectivity index (χ2v) is 10.8. The second kappa shape index (κ2) is 7.83. The van der Waals surface area contributed by atoms with Crippen molar-refractivity contribution in [3.05, 3.63) is 65.3 Å². The molecule has 4 rings (SSSR count). The van der Waals surface area contributed by atoms with Gasteiger partial charge in [-0.2, -0.15) is 8.42 Å². The molecule has 1 aliphatic heterocycles. The van der Waals surface area contributed by atoms with Gasteiger partial charge >= 0.3 is 10.1 Å². The normalized spacial score (nSPS) is 15.1. The number of thiazole rings is 1. The smallest absolute Gasteiger partial charge is 0.357 e. The topological polar surface area (TPSA) is 56.3 Å². The summed E-state index contributed by atoms with van der Waals surface area (Å²) in [5.74, 6) is 2.15. The molecule has 2 aromatic carbocycles. The van der Waals surface area contributed by atoms with Gasteiger partial charge in [0.2, 0.25) is 5.03 Å². The van der Waals surface area contributed by atoms with Crippen LogP contribution in [0.25, 0.3) is 10.6 Å². The summed E-state index contributed by atoms with van der Waals surface area (Å²) in [6, 6.07) is 12.9. The Hall–Kier alpha value is -1.55. The van der Waals surface area contributed by atoms with Crippen LogP contribution in [-0.2, 0) is 10.1 Å². The van der Waals surface area contributed by atoms with E-state index in [9.17, 15) is 12.8 Å². The number of rotatable bonds is 5. The molecule has 0 aliphatic carbocycles. The van der Waals surface area contributed by atoms with Crippen LogP contribution < -0.4 is 4.18 Å². The number of hydrogen-bond donors (Lipinski definition) is 0. The van der Waals surface area contributed by atoms with Crippen LogP contribution in [0.5, 0.6) is 5.75 Å². The standard InChI is InChI=1S/C18H14FNO3S4/c19-14-5-1-12(2-6-14)17-20-16(11-26-17)27(21,22)23-15-7-3-13(4-8-15)18-24-9-10-25-18/h1-8,11,18H,9-10H2. The molecule has 1 fully saturated rings. The molecular weight excluding hydrogens is 425 g/mol. The van der Waals surface area contributed by atoms with Crippen molar-refractivity contribution in [2.24, 2.45) is 0 Å². The first kappa shape index (κ1) is 18.8. The molecule has 0 radical (unpaired) electrons. The highest BCUT2D eigenvalue weighted by Crippen LogP contribution is 2.45. The van der Waals surface area contributed by atoms with Crippen molar-refractivity contribution in [3.8, 4) is 16.3 Å². The monoisotopic (exact) mass is 439 g/mol. The van der Waals surface area contributed by atoms with Gasteiger partial charge in [0, 0.05) is 22.4 Å². The van der Waals surface area contributed by atoms with Crippen LogP contribution in [0, 0.1) is 5.82 Å². The van der Waals surface area contributed by atoms with E-state index in [2.05, 4.69) is 4.98 Å². The van der Waals surface area contributed by atoms with Gasteiger partial charge in [-0.25, -0.2) is 9.37 Å². The van der Waals surface area contributed by atoms with E-state index in [0.29, 0.717) is 15.2 Å². The molecule has 1 aliphatic rings. The fraction of sp³-hybridized carbons (Fsp3) is 0.167. The number of aromatic nitrogens is 1. The molecule has 0 spiro atoms. The Kier molecular flexibility index (Phi) is 5.45. The lowest BCUT2D eigenvalue weighted by atomic mass is 10.2. The molecule has 1 aromatic heterocycles. The van der Waals surface area contributed by atoms with Crippen LogP contribution >= 0.6 is 34.9 Å². The summed E-state index contributed by atoms with van der Waals surface area (Å²) in [7, 11) is -4.03. The van der Waals surface area contributed by atoms with Crippen molar-refractivity contribution in [2.75, 3.05) is 11.5 Å². The zero-order chi connectivity index (χ0) is 18.9. The predicted molar refractivity (Wildman–Crippen MR) is 109 cm³/mol. The summed E-state index contributed by atoms with van der Waals surface area (Å²) in [6.45, 7) is 0. The highest BCUT2D eigenvalue weighted by atomic mass is 32.2. The predicted octanol–water partition coefficient (Wildman–Crippen LogP) is 5.20. The Morgan fingerprint density at radius 1 is 1.00 bits per heavy atom. The summed E-state index contributed by atoms with van der Waals surface area (Å²) in [4.78, 5) is 4.14. The Morgan fingerprint density at radius 3 is 2.33 bits per heavy atom. The van der Waals surface area contributed by atoms with E-state index in [-0.39, 0.29) is 16.6 Å². The van der Waals surface area contributed by atoms with Gasteiger partial charge in [-0.3, -0.25) is 0 Å². The third-order valence-electron chi connectivity index (χ3n) is 3.81. The van der Waals surface area contributed by atoms with Gasteiger partial charge in [0.1, 0.15) is 16.6 Å². The lowest BCUT2D eigenvalue weighted by molar-refractivity contribution is 0.483. The largest absolute Gasteiger partial charge is 0.378 e. The Bertz CT molecular complexity index is 1030. The van der Waals surface area contributed by atoms with Gasteiger partial charge in [-0.05, 0) is 42.0 Å². The zero-order valence-electron chi connectivity index (χ0n) is 13.9. The summed E-state index contributed by atoms with van der Waals surface area (Å²) >= 11 is 4.94. The fourth-order valence-corrected chi connectivity index (χ4v) is 7.37. The molecule has 3 aromatic rings. The molecule has 27 heavy (non-hydrogen) atoms. The lowest BCUT2D eigenvalue weighted by Gasteiger charge is -2.09. The molecule has 1 saturated heterocycles. The summed E-state index contributed by atoms with van der Waals surface area (Å²) in [5, 5.41) is 1.76. The summed E-state index contributed by atoms with van der Waals surface area (Å²) in [6.07, 6.45) is 0. The molecule has 0 saturated carbocycles. The van der Waals surface area contributed by atoms with Gasteiger partial charge in [0.05, 0.1) is 4.58 Å². The van der Waals surface area contributed by atoms with Gasteiger partial charge in [0.25, 0.3) is 0 Å². The van der Waals surface area contributed by atoms with Crippen LogP contribution in [0.4, 0.5) is 4.39 Å². The van der Waals surface area contributed by atoms with E-state index in [0.717, 1.165) is 17.1 Å². The first-order valence-corrected chi connectivity index (χ1v) is 12.4. The van der Waals surface area contributed by atoms with E-state index in [4.69, 9.17) is 4.18 Å². The maximum absolute atomic E-state index is 13.0. The van der Waals surface area contributed by atoms with E-state index < -0.39 is 10.1 Å². The number of halogens is 1. The molecule has 0 bridgehead atoms. The van der Waals surface area contributed by atoms with E-state index in [1.54, 1.807) is 24.3 Å². The Morgan fingerprint density at radius 2 is 1.67 bits per heavy atom. The third kappa shape index (κ3) is 4.31. The van der Waals surface area contributed by atoms with Crippen molar-refractivity contribution in [2.45, 2.75) is 9.61 Å². The second-order valence-electron chi connectivity index (χ2n) is 5.68. The van der Waals surface area contributed by atoms with Gasteiger partial charge in [0.15, 0.2) is 0 Å². The highest BCUT2D eigenvalue weighted by Gasteiger charge is 2.22. The van der Waals surface area contributed by atoms with Crippen molar-refractivity contribution in [1.82, 2.24) is 4.98 Å². The molecule has 9 heteroatoms. The van der Waals surface area contributed by atoms with Crippen LogP contribution in [0.15, 0.2) is 58.9 Å². The zero-order valence-corrected chi connectivity index (χ0v) is 17.1. The summed E-state index contributed by atoms with van der Waals surface area (Å²) < 4.78 is 43.6. The number of thioether (sulfide) groups is 2. The third-order valence-corrected chi connectivity index (χ3v) is 9.09. The Labute approximate surface area is 169 Å². The SMILES string of the molecule is O=S(=O)(Oc1ccc(C2SCCS2)cc1)c1csc(-c2ccc(F)cc2)n1. The average molecular weight is 440 g/mol. The quantitative estimate of drug-likeness (QED) is 0.510. The van der Waals surface area contributed by atoms with Crippen LogP contribution in [-0.4, -0.2) is 24.9 Å². The molecule has 2 heterocycles. The van der Waals surface area contributed by atoms with E-state index >= 15 is 0 Å². The van der Waals surface area contributed by atoms with Gasteiger partial charge < -0.3 is 4.18 Å². The highest BCUT2D eigenvalue weighted by molar-refractivity contribution is 8.19. The minimum absolute atomic E-state index is 0.155. The van der Waals surface area contributed by atoms with Crippen LogP contribution in [0.2, 0.25) is 0 Å². The molecule has 0 amide bonds. The van der Waals surface area contributed by atoms with Crippen molar-refractivity contribution < 1.29 is 17.0 Å². The van der Waals surface area contributed by atoms with Crippen LogP contribution in [0.3, 0.4) is 0 Å². The first-order valence-electron chi connectivity index (χ1n) is 8.00. The number of nitrogens with zero attached hydrogens (tertiary/aromatic N) is 1. The van der Waals surface area contributed by atoms with E-state index in [1.807, 2.05) is 35.7 Å². The van der Waals surface area contributed by atoms with Crippen molar-refractivity contribution in [3.63, 3.8) is 0 Å². The number of benzene rings is 2. The summed E-state index contributed by atoms with van der Waals surface area (Å²) in [5.41, 5.74) is 1.80. The fourth-order valence-electron chi connectivity index (χ4n) is 2.50. The lowest BCUT2D eigenvalue weighted by Crippen LogP contribution is -2.10. The molecular formula is C18H14FNO3S4. The molecule has 0 unspecified atom stereocenters. The minimum Gasteiger partial charge on any atom is -0.378 e. The molecule has 0 atom stereocenters. The van der Waals surface area contributed by atoms with Crippen LogP contribution in [0.1, 0.15) is 10.1 Å². The van der Waals surface area contributed by atoms with Crippen molar-refractivity contribution in [1.29, 1.82) is 0 Å².